The lowest BCUT2D eigenvalue weighted by Crippen LogP contribution is -1.84. The molecule has 2 aromatic heterocycles. The van der Waals surface area contributed by atoms with Gasteiger partial charge in [-0.2, -0.15) is 0 Å². The molecule has 0 aromatic carbocycles. The van der Waals surface area contributed by atoms with Gasteiger partial charge in [0, 0.05) is 18.0 Å². The highest BCUT2D eigenvalue weighted by atomic mass is 79.9. The monoisotopic (exact) mass is 253 g/mol. The summed E-state index contributed by atoms with van der Waals surface area (Å²) < 4.78 is 5.75. The molecule has 0 unspecified atom stereocenters. The Morgan fingerprint density at radius 3 is 2.79 bits per heavy atom. The van der Waals surface area contributed by atoms with Crippen molar-refractivity contribution in [2.45, 2.75) is 6.92 Å². The molecule has 0 amide bonds. The van der Waals surface area contributed by atoms with Crippen LogP contribution in [0.5, 0.6) is 0 Å². The Morgan fingerprint density at radius 1 is 1.43 bits per heavy atom. The van der Waals surface area contributed by atoms with Crippen LogP contribution in [0, 0.1) is 6.92 Å². The van der Waals surface area contributed by atoms with Gasteiger partial charge in [-0.1, -0.05) is 5.16 Å². The summed E-state index contributed by atoms with van der Waals surface area (Å²) in [6, 6.07) is 1.96. The second-order valence-electron chi connectivity index (χ2n) is 2.96. The van der Waals surface area contributed by atoms with Crippen molar-refractivity contribution < 1.29 is 4.52 Å². The van der Waals surface area contributed by atoms with Gasteiger partial charge in [0.25, 0.3) is 0 Å². The van der Waals surface area contributed by atoms with E-state index in [1.54, 1.807) is 12.4 Å². The topological polar surface area (TPSA) is 64.9 Å². The number of rotatable bonds is 1. The minimum absolute atomic E-state index is 0.349. The fourth-order valence-electron chi connectivity index (χ4n) is 1.15. The molecule has 0 spiro atoms. The summed E-state index contributed by atoms with van der Waals surface area (Å²) in [6.45, 7) is 1.96. The molecule has 14 heavy (non-hydrogen) atoms. The predicted octanol–water partition coefficient (Wildman–Crippen LogP) is 2.39. The van der Waals surface area contributed by atoms with Crippen molar-refractivity contribution in [3.8, 4) is 11.3 Å². The summed E-state index contributed by atoms with van der Waals surface area (Å²) in [5.41, 5.74) is 7.47. The predicted molar refractivity (Wildman–Crippen MR) is 56.6 cm³/mol. The molecule has 72 valence electrons. The lowest BCUT2D eigenvalue weighted by Gasteiger charge is -1.96. The molecule has 2 heterocycles. The molecule has 0 atom stereocenters. The lowest BCUT2D eigenvalue weighted by atomic mass is 10.2. The summed E-state index contributed by atoms with van der Waals surface area (Å²) in [6.07, 6.45) is 3.48. The molecular weight excluding hydrogens is 246 g/mol. The zero-order valence-corrected chi connectivity index (χ0v) is 9.08. The number of aryl methyl sites for hydroxylation is 1. The van der Waals surface area contributed by atoms with Crippen LogP contribution < -0.4 is 5.73 Å². The number of pyridine rings is 1. The Morgan fingerprint density at radius 2 is 2.21 bits per heavy atom. The van der Waals surface area contributed by atoms with E-state index in [2.05, 4.69) is 26.1 Å². The molecule has 2 aromatic rings. The van der Waals surface area contributed by atoms with Gasteiger partial charge in [0.1, 0.15) is 4.47 Å². The average molecular weight is 254 g/mol. The van der Waals surface area contributed by atoms with Gasteiger partial charge in [-0.3, -0.25) is 4.98 Å². The number of aromatic nitrogens is 2. The number of hydrogen-bond donors (Lipinski definition) is 1. The van der Waals surface area contributed by atoms with E-state index in [1.165, 1.54) is 0 Å². The standard InChI is InChI=1S/C9H8BrN3O/c1-5-2-6(4-12-3-5)8-7(10)9(11)13-14-8/h2-4H,1H3,(H2,11,13). The van der Waals surface area contributed by atoms with Gasteiger partial charge >= 0.3 is 0 Å². The van der Waals surface area contributed by atoms with E-state index in [9.17, 15) is 0 Å². The molecule has 0 radical (unpaired) electrons. The minimum atomic E-state index is 0.349. The zero-order chi connectivity index (χ0) is 10.1. The smallest absolute Gasteiger partial charge is 0.184 e. The fraction of sp³-hybridized carbons (Fsp3) is 0.111. The first-order chi connectivity index (χ1) is 6.68. The van der Waals surface area contributed by atoms with E-state index >= 15 is 0 Å². The van der Waals surface area contributed by atoms with Crippen LogP contribution in [0.4, 0.5) is 5.82 Å². The number of nitrogens with zero attached hydrogens (tertiary/aromatic N) is 2. The summed E-state index contributed by atoms with van der Waals surface area (Å²) in [5, 5.41) is 3.65. The van der Waals surface area contributed by atoms with Gasteiger partial charge in [0.05, 0.1) is 0 Å². The number of anilines is 1. The Labute approximate surface area is 89.2 Å². The first-order valence-electron chi connectivity index (χ1n) is 4.01. The van der Waals surface area contributed by atoms with Crippen LogP contribution in [0.25, 0.3) is 11.3 Å². The van der Waals surface area contributed by atoms with Crippen molar-refractivity contribution in [1.82, 2.24) is 10.1 Å². The van der Waals surface area contributed by atoms with E-state index in [0.717, 1.165) is 11.1 Å². The van der Waals surface area contributed by atoms with Crippen LogP contribution in [-0.2, 0) is 0 Å². The highest BCUT2D eigenvalue weighted by molar-refractivity contribution is 9.10. The minimum Gasteiger partial charge on any atom is -0.380 e. The summed E-state index contributed by atoms with van der Waals surface area (Å²) >= 11 is 3.30. The maximum absolute atomic E-state index is 5.54. The van der Waals surface area contributed by atoms with Crippen molar-refractivity contribution in [2.75, 3.05) is 5.73 Å². The molecule has 0 fully saturated rings. The third-order valence-electron chi connectivity index (χ3n) is 1.80. The highest BCUT2D eigenvalue weighted by Gasteiger charge is 2.12. The highest BCUT2D eigenvalue weighted by Crippen LogP contribution is 2.32. The molecule has 4 nitrogen and oxygen atoms in total. The SMILES string of the molecule is Cc1cncc(-c2onc(N)c2Br)c1. The summed E-state index contributed by atoms with van der Waals surface area (Å²) in [7, 11) is 0. The molecule has 0 saturated carbocycles. The Hall–Kier alpha value is -1.36. The quantitative estimate of drug-likeness (QED) is 0.848. The van der Waals surface area contributed by atoms with E-state index in [4.69, 9.17) is 10.3 Å². The van der Waals surface area contributed by atoms with Crippen LogP contribution in [0.15, 0.2) is 27.5 Å². The molecule has 5 heteroatoms. The van der Waals surface area contributed by atoms with Crippen molar-refractivity contribution in [3.63, 3.8) is 0 Å². The van der Waals surface area contributed by atoms with Gasteiger partial charge in [0.2, 0.25) is 0 Å². The van der Waals surface area contributed by atoms with Crippen molar-refractivity contribution >= 4 is 21.7 Å². The third-order valence-corrected chi connectivity index (χ3v) is 2.56. The average Bonchev–Trinajstić information content (AvgIpc) is 2.48. The number of nitrogens with two attached hydrogens (primary N) is 1. The zero-order valence-electron chi connectivity index (χ0n) is 7.49. The van der Waals surface area contributed by atoms with Gasteiger partial charge in [-0.15, -0.1) is 0 Å². The van der Waals surface area contributed by atoms with Crippen molar-refractivity contribution in [3.05, 3.63) is 28.5 Å². The molecule has 2 N–H and O–H groups in total. The molecular formula is C9H8BrN3O. The van der Waals surface area contributed by atoms with Gasteiger partial charge < -0.3 is 10.3 Å². The largest absolute Gasteiger partial charge is 0.380 e. The molecule has 0 saturated heterocycles. The fourth-order valence-corrected chi connectivity index (χ4v) is 1.52. The van der Waals surface area contributed by atoms with Crippen LogP contribution in [-0.4, -0.2) is 10.1 Å². The lowest BCUT2D eigenvalue weighted by molar-refractivity contribution is 0.435. The van der Waals surface area contributed by atoms with Gasteiger partial charge in [-0.25, -0.2) is 0 Å². The van der Waals surface area contributed by atoms with E-state index in [1.807, 2.05) is 13.0 Å². The molecule has 0 aliphatic rings. The Balaban J connectivity index is 2.55. The van der Waals surface area contributed by atoms with Gasteiger partial charge in [-0.05, 0) is 34.5 Å². The molecule has 0 aliphatic carbocycles. The van der Waals surface area contributed by atoms with Crippen LogP contribution >= 0.6 is 15.9 Å². The molecule has 2 rings (SSSR count). The van der Waals surface area contributed by atoms with E-state index < -0.39 is 0 Å². The Bertz CT molecular complexity index is 467. The summed E-state index contributed by atoms with van der Waals surface area (Å²) in [5.74, 6) is 0.959. The normalized spacial score (nSPS) is 10.4. The second-order valence-corrected chi connectivity index (χ2v) is 3.75. The van der Waals surface area contributed by atoms with Crippen LogP contribution in [0.1, 0.15) is 5.56 Å². The summed E-state index contributed by atoms with van der Waals surface area (Å²) in [4.78, 5) is 4.06. The van der Waals surface area contributed by atoms with Crippen molar-refractivity contribution in [2.24, 2.45) is 0 Å². The molecule has 0 bridgehead atoms. The first-order valence-corrected chi connectivity index (χ1v) is 4.80. The first kappa shape index (κ1) is 9.21. The number of nitrogen functional groups attached to an aromatic ring is 1. The number of hydrogen-bond acceptors (Lipinski definition) is 4. The Kier molecular flexibility index (Phi) is 2.25. The van der Waals surface area contributed by atoms with Gasteiger partial charge in [0.15, 0.2) is 11.6 Å². The third kappa shape index (κ3) is 1.50. The maximum Gasteiger partial charge on any atom is 0.184 e. The van der Waals surface area contributed by atoms with Crippen LogP contribution in [0.3, 0.4) is 0 Å². The second kappa shape index (κ2) is 3.42. The maximum atomic E-state index is 5.54. The van der Waals surface area contributed by atoms with Crippen molar-refractivity contribution in [1.29, 1.82) is 0 Å². The number of halogens is 1. The van der Waals surface area contributed by atoms with E-state index in [0.29, 0.717) is 16.1 Å². The van der Waals surface area contributed by atoms with Crippen LogP contribution in [0.2, 0.25) is 0 Å². The van der Waals surface area contributed by atoms with E-state index in [-0.39, 0.29) is 0 Å². The molecule has 0 aliphatic heterocycles.